The minimum absolute atomic E-state index is 0.0463. The molecule has 0 aliphatic carbocycles. The number of likely N-dealkylation sites (N-methyl/N-ethyl adjacent to an activating group) is 1. The van der Waals surface area contributed by atoms with Gasteiger partial charge in [0.15, 0.2) is 11.5 Å². The van der Waals surface area contributed by atoms with E-state index in [-0.39, 0.29) is 17.9 Å². The lowest BCUT2D eigenvalue weighted by molar-refractivity contribution is -0.140. The Bertz CT molecular complexity index is 1380. The van der Waals surface area contributed by atoms with Crippen molar-refractivity contribution in [3.05, 3.63) is 71.1 Å². The maximum Gasteiger partial charge on any atom is 0.295 e. The predicted octanol–water partition coefficient (Wildman–Crippen LogP) is 3.19. The summed E-state index contributed by atoms with van der Waals surface area (Å²) in [7, 11) is 8.25. The number of hydrogen-bond acceptors (Lipinski definition) is 8. The molecular formula is C28H32N4O6. The van der Waals surface area contributed by atoms with Crippen molar-refractivity contribution >= 4 is 17.4 Å². The lowest BCUT2D eigenvalue weighted by Crippen LogP contribution is -2.35. The Hall–Kier alpha value is -4.31. The van der Waals surface area contributed by atoms with E-state index >= 15 is 0 Å². The first kappa shape index (κ1) is 26.7. The minimum atomic E-state index is -0.927. The van der Waals surface area contributed by atoms with E-state index in [2.05, 4.69) is 5.10 Å². The Morgan fingerprint density at radius 1 is 1.00 bits per heavy atom. The summed E-state index contributed by atoms with van der Waals surface area (Å²) in [6, 6.07) is 11.8. The third-order valence-corrected chi connectivity index (χ3v) is 6.62. The van der Waals surface area contributed by atoms with E-state index in [0.717, 1.165) is 5.69 Å². The fraction of sp³-hybridized carbons (Fsp3) is 0.321. The highest BCUT2D eigenvalue weighted by molar-refractivity contribution is 6.46. The molecule has 1 aromatic heterocycles. The number of para-hydroxylation sites is 1. The molecule has 0 bridgehead atoms. The van der Waals surface area contributed by atoms with Crippen LogP contribution in [0.25, 0.3) is 11.4 Å². The molecule has 1 aliphatic rings. The van der Waals surface area contributed by atoms with Gasteiger partial charge in [-0.05, 0) is 39.2 Å². The second kappa shape index (κ2) is 11.0. The maximum atomic E-state index is 13.5. The molecule has 2 aromatic carbocycles. The number of amides is 1. The molecule has 0 saturated carbocycles. The van der Waals surface area contributed by atoms with E-state index in [1.54, 1.807) is 23.7 Å². The van der Waals surface area contributed by atoms with Crippen LogP contribution in [0.3, 0.4) is 0 Å². The Kier molecular flexibility index (Phi) is 7.72. The van der Waals surface area contributed by atoms with Crippen molar-refractivity contribution in [1.29, 1.82) is 0 Å². The number of nitrogens with zero attached hydrogens (tertiary/aromatic N) is 4. The number of carbonyl (C=O) groups excluding carboxylic acids is 2. The van der Waals surface area contributed by atoms with Crippen LogP contribution < -0.4 is 14.2 Å². The number of aliphatic hydroxyl groups excluding tert-OH is 1. The summed E-state index contributed by atoms with van der Waals surface area (Å²) in [5, 5.41) is 16.0. The molecule has 1 unspecified atom stereocenters. The van der Waals surface area contributed by atoms with Crippen molar-refractivity contribution in [2.24, 2.45) is 0 Å². The van der Waals surface area contributed by atoms with E-state index < -0.39 is 17.7 Å². The molecule has 0 spiro atoms. The van der Waals surface area contributed by atoms with Gasteiger partial charge in [-0.2, -0.15) is 5.10 Å². The summed E-state index contributed by atoms with van der Waals surface area (Å²) in [5.41, 5.74) is 2.21. The van der Waals surface area contributed by atoms with Crippen LogP contribution in [0.5, 0.6) is 17.2 Å². The first-order valence-corrected chi connectivity index (χ1v) is 12.1. The van der Waals surface area contributed by atoms with Crippen molar-refractivity contribution in [3.63, 3.8) is 0 Å². The molecule has 4 rings (SSSR count). The molecule has 0 radical (unpaired) electrons. The molecule has 2 heterocycles. The summed E-state index contributed by atoms with van der Waals surface area (Å²) in [6.45, 7) is 2.55. The molecule has 38 heavy (non-hydrogen) atoms. The second-order valence-electron chi connectivity index (χ2n) is 9.14. The van der Waals surface area contributed by atoms with Crippen LogP contribution in [-0.2, 0) is 9.59 Å². The van der Waals surface area contributed by atoms with Gasteiger partial charge in [0.1, 0.15) is 11.5 Å². The summed E-state index contributed by atoms with van der Waals surface area (Å²) in [6.07, 6.45) is 1.49. The number of hydrogen-bond donors (Lipinski definition) is 1. The molecular weight excluding hydrogens is 488 g/mol. The molecule has 1 saturated heterocycles. The number of ether oxygens (including phenoxy) is 3. The molecule has 10 heteroatoms. The van der Waals surface area contributed by atoms with Crippen LogP contribution in [0.4, 0.5) is 0 Å². The smallest absolute Gasteiger partial charge is 0.295 e. The first-order valence-electron chi connectivity index (χ1n) is 12.1. The highest BCUT2D eigenvalue weighted by Gasteiger charge is 2.47. The van der Waals surface area contributed by atoms with Crippen LogP contribution in [0.1, 0.15) is 22.9 Å². The maximum absolute atomic E-state index is 13.5. The van der Waals surface area contributed by atoms with Gasteiger partial charge in [0.25, 0.3) is 11.7 Å². The monoisotopic (exact) mass is 520 g/mol. The summed E-state index contributed by atoms with van der Waals surface area (Å²) < 4.78 is 18.2. The van der Waals surface area contributed by atoms with Gasteiger partial charge in [-0.3, -0.25) is 9.59 Å². The van der Waals surface area contributed by atoms with E-state index in [1.807, 2.05) is 49.3 Å². The number of aromatic nitrogens is 2. The molecule has 1 amide bonds. The quantitative estimate of drug-likeness (QED) is 0.261. The SMILES string of the molecule is COc1cc(OC)c(C2C(=C(O)c3cnn(-c4ccccc4)c3C)C(=O)C(=O)N2CCN(C)C)cc1OC. The zero-order valence-corrected chi connectivity index (χ0v) is 22.4. The predicted molar refractivity (Wildman–Crippen MR) is 142 cm³/mol. The fourth-order valence-corrected chi connectivity index (χ4v) is 4.62. The lowest BCUT2D eigenvalue weighted by atomic mass is 9.94. The lowest BCUT2D eigenvalue weighted by Gasteiger charge is -2.28. The third kappa shape index (κ3) is 4.70. The van der Waals surface area contributed by atoms with Crippen LogP contribution in [0.15, 0.2) is 54.2 Å². The fourth-order valence-electron chi connectivity index (χ4n) is 4.62. The van der Waals surface area contributed by atoms with Gasteiger partial charge in [-0.1, -0.05) is 18.2 Å². The Balaban J connectivity index is 1.94. The van der Waals surface area contributed by atoms with Gasteiger partial charge in [-0.25, -0.2) is 4.68 Å². The number of methoxy groups -OCH3 is 3. The van der Waals surface area contributed by atoms with Crippen molar-refractivity contribution in [3.8, 4) is 22.9 Å². The molecule has 10 nitrogen and oxygen atoms in total. The summed E-state index contributed by atoms with van der Waals surface area (Å²) in [4.78, 5) is 30.2. The van der Waals surface area contributed by atoms with Gasteiger partial charge >= 0.3 is 0 Å². The van der Waals surface area contributed by atoms with E-state index in [0.29, 0.717) is 40.6 Å². The zero-order chi connectivity index (χ0) is 27.6. The van der Waals surface area contributed by atoms with Crippen LogP contribution in [0.2, 0.25) is 0 Å². The third-order valence-electron chi connectivity index (χ3n) is 6.62. The molecule has 1 N–H and O–H groups in total. The first-order chi connectivity index (χ1) is 18.2. The topological polar surface area (TPSA) is 106 Å². The van der Waals surface area contributed by atoms with Crippen LogP contribution >= 0.6 is 0 Å². The van der Waals surface area contributed by atoms with Crippen LogP contribution in [-0.4, -0.2) is 84.9 Å². The second-order valence-corrected chi connectivity index (χ2v) is 9.14. The molecule has 3 aromatic rings. The average molecular weight is 521 g/mol. The Labute approximate surface area is 221 Å². The average Bonchev–Trinajstić information content (AvgIpc) is 3.43. The molecule has 1 atom stereocenters. The van der Waals surface area contributed by atoms with Gasteiger partial charge in [0.05, 0.1) is 56.1 Å². The highest BCUT2D eigenvalue weighted by Crippen LogP contribution is 2.46. The zero-order valence-electron chi connectivity index (χ0n) is 22.4. The highest BCUT2D eigenvalue weighted by atomic mass is 16.5. The van der Waals surface area contributed by atoms with Gasteiger partial charge < -0.3 is 29.1 Å². The number of carbonyl (C=O) groups is 2. The van der Waals surface area contributed by atoms with Crippen LogP contribution in [0, 0.1) is 6.92 Å². The van der Waals surface area contributed by atoms with Crippen molar-refractivity contribution < 1.29 is 28.9 Å². The van der Waals surface area contributed by atoms with Crippen molar-refractivity contribution in [2.45, 2.75) is 13.0 Å². The normalized spacial score (nSPS) is 16.8. The Morgan fingerprint density at radius 2 is 1.63 bits per heavy atom. The van der Waals surface area contributed by atoms with Crippen molar-refractivity contribution in [2.75, 3.05) is 48.5 Å². The number of likely N-dealkylation sites (tertiary alicyclic amines) is 1. The summed E-state index contributed by atoms with van der Waals surface area (Å²) >= 11 is 0. The number of aliphatic hydroxyl groups is 1. The molecule has 1 fully saturated rings. The van der Waals surface area contributed by atoms with E-state index in [4.69, 9.17) is 14.2 Å². The summed E-state index contributed by atoms with van der Waals surface area (Å²) in [5.74, 6) is -0.588. The largest absolute Gasteiger partial charge is 0.507 e. The number of Topliss-reactive ketones (excluding diaryl/α,β-unsaturated/α-hetero) is 1. The van der Waals surface area contributed by atoms with Gasteiger partial charge in [-0.15, -0.1) is 0 Å². The molecule has 1 aliphatic heterocycles. The minimum Gasteiger partial charge on any atom is -0.507 e. The standard InChI is InChI=1S/C28H32N4O6/c1-17-20(16-29-32(17)18-10-8-7-9-11-18)26(33)24-25(31(13-12-30(2)3)28(35)27(24)34)19-14-22(37-5)23(38-6)15-21(19)36-4/h7-11,14-16,25,33H,12-13H2,1-6H3. The van der Waals surface area contributed by atoms with E-state index in [9.17, 15) is 14.7 Å². The van der Waals surface area contributed by atoms with Gasteiger partial charge in [0, 0.05) is 24.7 Å². The number of benzene rings is 2. The van der Waals surface area contributed by atoms with Gasteiger partial charge in [0.2, 0.25) is 0 Å². The van der Waals surface area contributed by atoms with E-state index in [1.165, 1.54) is 32.4 Å². The molecule has 200 valence electrons. The number of rotatable bonds is 9. The van der Waals surface area contributed by atoms with Crippen molar-refractivity contribution in [1.82, 2.24) is 19.6 Å². The number of ketones is 1. The Morgan fingerprint density at radius 3 is 2.24 bits per heavy atom.